The molecule has 0 spiro atoms. The van der Waals surface area contributed by atoms with E-state index in [-0.39, 0.29) is 17.9 Å². The predicted octanol–water partition coefficient (Wildman–Crippen LogP) is 2.52. The van der Waals surface area contributed by atoms with Crippen LogP contribution in [0.4, 0.5) is 0 Å². The molecule has 1 amide bonds. The maximum absolute atomic E-state index is 12.3. The molecule has 1 unspecified atom stereocenters. The lowest BCUT2D eigenvalue weighted by Gasteiger charge is -2.21. The van der Waals surface area contributed by atoms with Crippen molar-refractivity contribution < 1.29 is 9.53 Å². The van der Waals surface area contributed by atoms with Crippen molar-refractivity contribution in [3.8, 4) is 0 Å². The zero-order chi connectivity index (χ0) is 15.2. The summed E-state index contributed by atoms with van der Waals surface area (Å²) in [6.45, 7) is 1.05. The van der Waals surface area contributed by atoms with Gasteiger partial charge in [-0.25, -0.2) is 0 Å². The topological polar surface area (TPSA) is 64.3 Å². The number of nitrogens with two attached hydrogens (primary N) is 1. The maximum Gasteiger partial charge on any atom is 0.223 e. The molecule has 1 fully saturated rings. The van der Waals surface area contributed by atoms with Gasteiger partial charge in [-0.3, -0.25) is 4.79 Å². The number of hydrogen-bond donors (Lipinski definition) is 2. The van der Waals surface area contributed by atoms with Crippen molar-refractivity contribution >= 4 is 17.5 Å². The molecule has 1 aromatic rings. The van der Waals surface area contributed by atoms with E-state index in [1.54, 1.807) is 7.11 Å². The zero-order valence-electron chi connectivity index (χ0n) is 12.3. The number of amides is 1. The highest BCUT2D eigenvalue weighted by molar-refractivity contribution is 6.30. The third kappa shape index (κ3) is 4.19. The molecular weight excluding hydrogens is 288 g/mol. The van der Waals surface area contributed by atoms with Crippen LogP contribution < -0.4 is 11.1 Å². The molecule has 0 saturated heterocycles. The molecule has 21 heavy (non-hydrogen) atoms. The summed E-state index contributed by atoms with van der Waals surface area (Å²) in [7, 11) is 1.64. The van der Waals surface area contributed by atoms with E-state index >= 15 is 0 Å². The van der Waals surface area contributed by atoms with Crippen molar-refractivity contribution in [2.24, 2.45) is 17.6 Å². The highest BCUT2D eigenvalue weighted by Gasteiger charge is 2.32. The van der Waals surface area contributed by atoms with Crippen LogP contribution >= 0.6 is 11.6 Å². The first kappa shape index (κ1) is 16.3. The average Bonchev–Trinajstić information content (AvgIpc) is 2.98. The Hall–Kier alpha value is -1.10. The molecule has 0 bridgehead atoms. The van der Waals surface area contributed by atoms with Crippen LogP contribution in [0.25, 0.3) is 0 Å². The van der Waals surface area contributed by atoms with Gasteiger partial charge in [-0.15, -0.1) is 0 Å². The first-order valence-electron chi connectivity index (χ1n) is 7.41. The minimum absolute atomic E-state index is 0.0534. The van der Waals surface area contributed by atoms with Crippen molar-refractivity contribution in [3.05, 3.63) is 34.9 Å². The Morgan fingerprint density at radius 3 is 2.76 bits per heavy atom. The molecule has 0 radical (unpaired) electrons. The molecule has 1 saturated carbocycles. The fraction of sp³-hybridized carbons (Fsp3) is 0.562. The summed E-state index contributed by atoms with van der Waals surface area (Å²) in [4.78, 5) is 12.3. The minimum atomic E-state index is -0.163. The van der Waals surface area contributed by atoms with Gasteiger partial charge in [0.05, 0.1) is 6.10 Å². The fourth-order valence-corrected chi connectivity index (χ4v) is 3.13. The molecule has 5 heteroatoms. The van der Waals surface area contributed by atoms with Gasteiger partial charge in [0.2, 0.25) is 5.91 Å². The van der Waals surface area contributed by atoms with Gasteiger partial charge in [0.15, 0.2) is 0 Å². The Morgan fingerprint density at radius 1 is 1.43 bits per heavy atom. The van der Waals surface area contributed by atoms with Gasteiger partial charge in [-0.2, -0.15) is 0 Å². The van der Waals surface area contributed by atoms with Crippen molar-refractivity contribution in [3.63, 3.8) is 0 Å². The fourth-order valence-electron chi connectivity index (χ4n) is 3.00. The van der Waals surface area contributed by atoms with Crippen LogP contribution in [-0.4, -0.2) is 26.1 Å². The van der Waals surface area contributed by atoms with E-state index in [0.717, 1.165) is 24.8 Å². The van der Waals surface area contributed by atoms with E-state index in [9.17, 15) is 4.79 Å². The Kier molecular flexibility index (Phi) is 6.03. The van der Waals surface area contributed by atoms with Crippen LogP contribution in [0.3, 0.4) is 0 Å². The van der Waals surface area contributed by atoms with Gasteiger partial charge in [-0.05, 0) is 43.0 Å². The normalized spacial score (nSPS) is 23.0. The van der Waals surface area contributed by atoms with E-state index < -0.39 is 0 Å². The number of halogens is 1. The number of benzene rings is 1. The summed E-state index contributed by atoms with van der Waals surface area (Å²) < 4.78 is 5.46. The van der Waals surface area contributed by atoms with Crippen molar-refractivity contribution in [2.75, 3.05) is 20.2 Å². The molecule has 3 atom stereocenters. The van der Waals surface area contributed by atoms with Crippen LogP contribution in [-0.2, 0) is 9.53 Å². The van der Waals surface area contributed by atoms with E-state index in [1.807, 2.05) is 24.3 Å². The standard InChI is InChI=1S/C16H23ClN2O2/c1-21-15(11-5-7-13(17)8-6-11)10-19-16(20)14-4-2-3-12(14)9-18/h5-8,12,14-15H,2-4,9-10,18H2,1H3,(H,19,20)/t12-,14-,15?/m1/s1. The summed E-state index contributed by atoms with van der Waals surface area (Å²) in [5.74, 6) is 0.471. The number of nitrogens with one attached hydrogen (secondary N) is 1. The number of rotatable bonds is 6. The summed E-state index contributed by atoms with van der Waals surface area (Å²) in [6.07, 6.45) is 2.92. The Bertz CT molecular complexity index is 464. The molecule has 0 aromatic heterocycles. The van der Waals surface area contributed by atoms with E-state index in [2.05, 4.69) is 5.32 Å². The lowest BCUT2D eigenvalue weighted by molar-refractivity contribution is -0.126. The lowest BCUT2D eigenvalue weighted by Crippen LogP contribution is -2.37. The third-order valence-electron chi connectivity index (χ3n) is 4.29. The van der Waals surface area contributed by atoms with Gasteiger partial charge in [-0.1, -0.05) is 30.2 Å². The molecule has 1 aliphatic rings. The van der Waals surface area contributed by atoms with E-state index in [1.165, 1.54) is 0 Å². The highest BCUT2D eigenvalue weighted by Crippen LogP contribution is 2.31. The number of methoxy groups -OCH3 is 1. The predicted molar refractivity (Wildman–Crippen MR) is 84.1 cm³/mol. The largest absolute Gasteiger partial charge is 0.375 e. The molecular formula is C16H23ClN2O2. The van der Waals surface area contributed by atoms with Crippen LogP contribution in [0.1, 0.15) is 30.9 Å². The summed E-state index contributed by atoms with van der Waals surface area (Å²) in [6, 6.07) is 7.49. The van der Waals surface area contributed by atoms with Gasteiger partial charge < -0.3 is 15.8 Å². The van der Waals surface area contributed by atoms with Gasteiger partial charge in [0.25, 0.3) is 0 Å². The number of carbonyl (C=O) groups is 1. The first-order chi connectivity index (χ1) is 10.2. The number of carbonyl (C=O) groups excluding carboxylic acids is 1. The summed E-state index contributed by atoms with van der Waals surface area (Å²) in [5, 5.41) is 3.69. The van der Waals surface area contributed by atoms with Gasteiger partial charge in [0.1, 0.15) is 0 Å². The van der Waals surface area contributed by atoms with Gasteiger partial charge >= 0.3 is 0 Å². The van der Waals surface area contributed by atoms with Crippen LogP contribution in [0.15, 0.2) is 24.3 Å². The second-order valence-corrected chi connectivity index (χ2v) is 5.99. The number of hydrogen-bond acceptors (Lipinski definition) is 3. The molecule has 0 aliphatic heterocycles. The quantitative estimate of drug-likeness (QED) is 0.848. The smallest absolute Gasteiger partial charge is 0.223 e. The molecule has 3 N–H and O–H groups in total. The van der Waals surface area contributed by atoms with Crippen molar-refractivity contribution in [1.82, 2.24) is 5.32 Å². The minimum Gasteiger partial charge on any atom is -0.375 e. The van der Waals surface area contributed by atoms with Crippen molar-refractivity contribution in [1.29, 1.82) is 0 Å². The van der Waals surface area contributed by atoms with Crippen LogP contribution in [0.2, 0.25) is 5.02 Å². The van der Waals surface area contributed by atoms with E-state index in [4.69, 9.17) is 22.1 Å². The van der Waals surface area contributed by atoms with Gasteiger partial charge in [0, 0.05) is 24.6 Å². The van der Waals surface area contributed by atoms with Crippen LogP contribution in [0.5, 0.6) is 0 Å². The Balaban J connectivity index is 1.90. The molecule has 1 aromatic carbocycles. The second kappa shape index (κ2) is 7.78. The Labute approximate surface area is 131 Å². The molecule has 4 nitrogen and oxygen atoms in total. The van der Waals surface area contributed by atoms with Crippen molar-refractivity contribution in [2.45, 2.75) is 25.4 Å². The van der Waals surface area contributed by atoms with Crippen LogP contribution in [0, 0.1) is 11.8 Å². The molecule has 1 aliphatic carbocycles. The Morgan fingerprint density at radius 2 is 2.14 bits per heavy atom. The maximum atomic E-state index is 12.3. The molecule has 0 heterocycles. The highest BCUT2D eigenvalue weighted by atomic mass is 35.5. The summed E-state index contributed by atoms with van der Waals surface area (Å²) >= 11 is 5.88. The third-order valence-corrected chi connectivity index (χ3v) is 4.54. The molecule has 2 rings (SSSR count). The second-order valence-electron chi connectivity index (χ2n) is 5.55. The average molecular weight is 311 g/mol. The number of ether oxygens (including phenoxy) is 1. The SMILES string of the molecule is COC(CNC(=O)[C@@H]1CCC[C@@H]1CN)c1ccc(Cl)cc1. The summed E-state index contributed by atoms with van der Waals surface area (Å²) in [5.41, 5.74) is 6.74. The lowest BCUT2D eigenvalue weighted by atomic mass is 9.95. The monoisotopic (exact) mass is 310 g/mol. The molecule has 116 valence electrons. The first-order valence-corrected chi connectivity index (χ1v) is 7.79. The van der Waals surface area contributed by atoms with E-state index in [0.29, 0.717) is 24.0 Å². The zero-order valence-corrected chi connectivity index (χ0v) is 13.1.